The van der Waals surface area contributed by atoms with Gasteiger partial charge in [0.15, 0.2) is 0 Å². The Balaban J connectivity index is 1.74. The van der Waals surface area contributed by atoms with Crippen molar-refractivity contribution >= 4 is 0 Å². The molecule has 0 amide bonds. The summed E-state index contributed by atoms with van der Waals surface area (Å²) in [7, 11) is 0. The highest BCUT2D eigenvalue weighted by Crippen LogP contribution is 2.54. The van der Waals surface area contributed by atoms with Crippen LogP contribution in [0.15, 0.2) is 109 Å². The lowest BCUT2D eigenvalue weighted by Gasteiger charge is -2.33. The van der Waals surface area contributed by atoms with Crippen molar-refractivity contribution < 1.29 is 0 Å². The predicted molar refractivity (Wildman–Crippen MR) is 113 cm³/mol. The molecule has 0 radical (unpaired) electrons. The van der Waals surface area contributed by atoms with Gasteiger partial charge in [0.25, 0.3) is 0 Å². The lowest BCUT2D eigenvalue weighted by molar-refractivity contribution is 0.572. The second-order valence-electron chi connectivity index (χ2n) is 7.35. The van der Waals surface area contributed by atoms with Gasteiger partial charge in [-0.15, -0.1) is 0 Å². The molecule has 0 saturated carbocycles. The standard InChI is InChI=1S/C27H22/c1-3-11-21(12-4-1)19-20-27(22-13-5-2-6-14-22)25-17-9-7-15-23(25)24-16-8-10-18-26(24)27/h1-18H,19-20H2. The Hall–Kier alpha value is -3.12. The summed E-state index contributed by atoms with van der Waals surface area (Å²) >= 11 is 0. The van der Waals surface area contributed by atoms with Gasteiger partial charge in [-0.1, -0.05) is 109 Å². The summed E-state index contributed by atoms with van der Waals surface area (Å²) in [6, 6.07) is 39.8. The summed E-state index contributed by atoms with van der Waals surface area (Å²) in [5.41, 5.74) is 8.33. The smallest absolute Gasteiger partial charge is 0.0466 e. The van der Waals surface area contributed by atoms with Gasteiger partial charge in [-0.25, -0.2) is 0 Å². The van der Waals surface area contributed by atoms with Crippen molar-refractivity contribution in [2.45, 2.75) is 18.3 Å². The molecule has 0 atom stereocenters. The van der Waals surface area contributed by atoms with Crippen LogP contribution in [0, 0.1) is 0 Å². The van der Waals surface area contributed by atoms with Crippen LogP contribution in [0.4, 0.5) is 0 Å². The topological polar surface area (TPSA) is 0 Å². The molecule has 0 fully saturated rings. The fourth-order valence-electron chi connectivity index (χ4n) is 4.75. The molecule has 0 aliphatic heterocycles. The average Bonchev–Trinajstić information content (AvgIpc) is 3.05. The SMILES string of the molecule is c1ccc(CCC2(c3ccccc3)c3ccccc3-c3ccccc32)cc1. The van der Waals surface area contributed by atoms with E-state index in [4.69, 9.17) is 0 Å². The van der Waals surface area contributed by atoms with E-state index >= 15 is 0 Å². The molecule has 0 spiro atoms. The summed E-state index contributed by atoms with van der Waals surface area (Å²) < 4.78 is 0. The third kappa shape index (κ3) is 2.52. The normalized spacial score (nSPS) is 13.8. The molecule has 0 N–H and O–H groups in total. The molecular weight excluding hydrogens is 324 g/mol. The highest BCUT2D eigenvalue weighted by atomic mass is 14.5. The molecule has 0 nitrogen and oxygen atoms in total. The number of rotatable bonds is 4. The fraction of sp³-hybridized carbons (Fsp3) is 0.111. The van der Waals surface area contributed by atoms with Crippen LogP contribution < -0.4 is 0 Å². The van der Waals surface area contributed by atoms with Crippen molar-refractivity contribution in [1.82, 2.24) is 0 Å². The minimum absolute atomic E-state index is 0.0930. The Morgan fingerprint density at radius 2 is 0.963 bits per heavy atom. The van der Waals surface area contributed by atoms with Crippen molar-refractivity contribution in [3.05, 3.63) is 131 Å². The monoisotopic (exact) mass is 346 g/mol. The van der Waals surface area contributed by atoms with Gasteiger partial charge in [0, 0.05) is 5.41 Å². The van der Waals surface area contributed by atoms with E-state index in [1.54, 1.807) is 0 Å². The van der Waals surface area contributed by atoms with E-state index in [1.807, 2.05) is 0 Å². The first kappa shape index (κ1) is 16.1. The molecule has 130 valence electrons. The maximum absolute atomic E-state index is 2.33. The molecule has 4 aromatic carbocycles. The minimum atomic E-state index is -0.0930. The molecule has 1 aliphatic rings. The third-order valence-electron chi connectivity index (χ3n) is 5.96. The average molecular weight is 346 g/mol. The first-order valence-electron chi connectivity index (χ1n) is 9.68. The van der Waals surface area contributed by atoms with E-state index < -0.39 is 0 Å². The first-order valence-corrected chi connectivity index (χ1v) is 9.68. The van der Waals surface area contributed by atoms with E-state index in [9.17, 15) is 0 Å². The van der Waals surface area contributed by atoms with Gasteiger partial charge in [-0.05, 0) is 46.2 Å². The molecule has 0 heterocycles. The molecule has 0 bridgehead atoms. The van der Waals surface area contributed by atoms with Crippen molar-refractivity contribution in [3.63, 3.8) is 0 Å². The summed E-state index contributed by atoms with van der Waals surface area (Å²) in [6.07, 6.45) is 2.12. The van der Waals surface area contributed by atoms with Crippen molar-refractivity contribution in [1.29, 1.82) is 0 Å². The van der Waals surface area contributed by atoms with Crippen LogP contribution in [0.1, 0.15) is 28.7 Å². The summed E-state index contributed by atoms with van der Waals surface area (Å²) in [5.74, 6) is 0. The maximum Gasteiger partial charge on any atom is 0.0466 e. The summed E-state index contributed by atoms with van der Waals surface area (Å²) in [4.78, 5) is 0. The third-order valence-corrected chi connectivity index (χ3v) is 5.96. The largest absolute Gasteiger partial charge is 0.0622 e. The number of hydrogen-bond donors (Lipinski definition) is 0. The number of hydrogen-bond acceptors (Lipinski definition) is 0. The quantitative estimate of drug-likeness (QED) is 0.389. The van der Waals surface area contributed by atoms with Gasteiger partial charge in [-0.2, -0.15) is 0 Å². The molecule has 0 unspecified atom stereocenters. The van der Waals surface area contributed by atoms with Crippen LogP contribution in [-0.2, 0) is 11.8 Å². The number of fused-ring (bicyclic) bond motifs is 3. The van der Waals surface area contributed by atoms with Crippen LogP contribution in [0.25, 0.3) is 11.1 Å². The summed E-state index contributed by atoms with van der Waals surface area (Å²) in [6.45, 7) is 0. The number of aryl methyl sites for hydroxylation is 1. The molecule has 0 saturated heterocycles. The van der Waals surface area contributed by atoms with Gasteiger partial charge in [-0.3, -0.25) is 0 Å². The van der Waals surface area contributed by atoms with Gasteiger partial charge in [0.05, 0.1) is 0 Å². The van der Waals surface area contributed by atoms with Gasteiger partial charge in [0.1, 0.15) is 0 Å². The molecule has 0 heteroatoms. The zero-order chi connectivity index (χ0) is 18.1. The lowest BCUT2D eigenvalue weighted by atomic mass is 9.69. The highest BCUT2D eigenvalue weighted by molar-refractivity contribution is 5.83. The second kappa shape index (κ2) is 6.55. The number of benzene rings is 4. The Labute approximate surface area is 161 Å². The summed E-state index contributed by atoms with van der Waals surface area (Å²) in [5, 5.41) is 0. The van der Waals surface area contributed by atoms with Crippen molar-refractivity contribution in [2.75, 3.05) is 0 Å². The van der Waals surface area contributed by atoms with E-state index in [1.165, 1.54) is 33.4 Å². The second-order valence-corrected chi connectivity index (χ2v) is 7.35. The Morgan fingerprint density at radius 3 is 1.56 bits per heavy atom. The van der Waals surface area contributed by atoms with Gasteiger partial charge in [0.2, 0.25) is 0 Å². The van der Waals surface area contributed by atoms with Gasteiger partial charge >= 0.3 is 0 Å². The zero-order valence-electron chi connectivity index (χ0n) is 15.3. The minimum Gasteiger partial charge on any atom is -0.0622 e. The van der Waals surface area contributed by atoms with E-state index in [2.05, 4.69) is 109 Å². The predicted octanol–water partition coefficient (Wildman–Crippen LogP) is 6.63. The van der Waals surface area contributed by atoms with Crippen LogP contribution in [0.5, 0.6) is 0 Å². The molecular formula is C27H22. The molecule has 4 aromatic rings. The van der Waals surface area contributed by atoms with Crippen molar-refractivity contribution in [2.24, 2.45) is 0 Å². The Kier molecular flexibility index (Phi) is 3.90. The van der Waals surface area contributed by atoms with E-state index in [-0.39, 0.29) is 5.41 Å². The molecule has 27 heavy (non-hydrogen) atoms. The van der Waals surface area contributed by atoms with Gasteiger partial charge < -0.3 is 0 Å². The van der Waals surface area contributed by atoms with Crippen LogP contribution >= 0.6 is 0 Å². The van der Waals surface area contributed by atoms with E-state index in [0.717, 1.165) is 12.8 Å². The van der Waals surface area contributed by atoms with Crippen LogP contribution in [0.2, 0.25) is 0 Å². The fourth-order valence-corrected chi connectivity index (χ4v) is 4.75. The highest BCUT2D eigenvalue weighted by Gasteiger charge is 2.43. The lowest BCUT2D eigenvalue weighted by Crippen LogP contribution is -2.27. The molecule has 5 rings (SSSR count). The van der Waals surface area contributed by atoms with Crippen LogP contribution in [0.3, 0.4) is 0 Å². The Morgan fingerprint density at radius 1 is 0.481 bits per heavy atom. The van der Waals surface area contributed by atoms with Crippen molar-refractivity contribution in [3.8, 4) is 11.1 Å². The maximum atomic E-state index is 2.33. The Bertz CT molecular complexity index is 1020. The van der Waals surface area contributed by atoms with E-state index in [0.29, 0.717) is 0 Å². The zero-order valence-corrected chi connectivity index (χ0v) is 15.3. The molecule has 1 aliphatic carbocycles. The molecule has 0 aromatic heterocycles. The van der Waals surface area contributed by atoms with Crippen LogP contribution in [-0.4, -0.2) is 0 Å². The first-order chi connectivity index (χ1) is 13.4.